The van der Waals surface area contributed by atoms with E-state index in [9.17, 15) is 14.4 Å². The summed E-state index contributed by atoms with van der Waals surface area (Å²) in [4.78, 5) is 38.7. The molecule has 118 valence electrons. The normalized spacial score (nSPS) is 33.0. The summed E-state index contributed by atoms with van der Waals surface area (Å²) in [6.45, 7) is 7.97. The molecule has 2 aliphatic rings. The molecule has 1 aliphatic carbocycles. The van der Waals surface area contributed by atoms with Gasteiger partial charge in [-0.3, -0.25) is 19.8 Å². The van der Waals surface area contributed by atoms with Crippen LogP contribution in [0.4, 0.5) is 4.79 Å². The molecule has 0 aromatic carbocycles. The number of nitrogens with one attached hydrogen (secondary N) is 1. The quantitative estimate of drug-likeness (QED) is 0.814. The third kappa shape index (κ3) is 2.47. The van der Waals surface area contributed by atoms with Gasteiger partial charge < -0.3 is 0 Å². The topological polar surface area (TPSA) is 66.5 Å². The fourth-order valence-corrected chi connectivity index (χ4v) is 3.90. The summed E-state index contributed by atoms with van der Waals surface area (Å²) in [5.74, 6) is 0.175. The van der Waals surface area contributed by atoms with Crippen LogP contribution in [0.5, 0.6) is 0 Å². The van der Waals surface area contributed by atoms with Gasteiger partial charge in [-0.15, -0.1) is 0 Å². The zero-order valence-electron chi connectivity index (χ0n) is 13.4. The minimum Gasteiger partial charge on any atom is -0.277 e. The second-order valence-electron chi connectivity index (χ2n) is 6.69. The van der Waals surface area contributed by atoms with Crippen molar-refractivity contribution in [2.24, 2.45) is 17.3 Å². The van der Waals surface area contributed by atoms with Crippen molar-refractivity contribution in [3.63, 3.8) is 0 Å². The van der Waals surface area contributed by atoms with Crippen molar-refractivity contribution in [3.05, 3.63) is 0 Å². The highest BCUT2D eigenvalue weighted by Gasteiger charge is 2.53. The monoisotopic (exact) mass is 294 g/mol. The summed E-state index contributed by atoms with van der Waals surface area (Å²) in [6, 6.07) is -0.617. The molecular weight excluding hydrogens is 268 g/mol. The molecule has 1 N–H and O–H groups in total. The van der Waals surface area contributed by atoms with Crippen molar-refractivity contribution in [3.8, 4) is 0 Å². The van der Waals surface area contributed by atoms with Gasteiger partial charge in [0.1, 0.15) is 5.41 Å². The molecule has 2 fully saturated rings. The molecule has 3 unspecified atom stereocenters. The third-order valence-electron chi connectivity index (χ3n) is 5.43. The van der Waals surface area contributed by atoms with E-state index in [2.05, 4.69) is 19.2 Å². The first-order valence-corrected chi connectivity index (χ1v) is 8.06. The van der Waals surface area contributed by atoms with E-state index < -0.39 is 17.4 Å². The SMILES string of the molecule is CCC1(CC)C(=O)NC(=O)N(C2CCC(C)CC2C)C1=O. The zero-order valence-corrected chi connectivity index (χ0v) is 13.4. The largest absolute Gasteiger partial charge is 0.331 e. The van der Waals surface area contributed by atoms with Gasteiger partial charge in [0.05, 0.1) is 0 Å². The van der Waals surface area contributed by atoms with E-state index in [1.54, 1.807) is 0 Å². The molecule has 0 bridgehead atoms. The lowest BCUT2D eigenvalue weighted by atomic mass is 9.75. The van der Waals surface area contributed by atoms with E-state index in [0.29, 0.717) is 18.8 Å². The summed E-state index contributed by atoms with van der Waals surface area (Å²) in [5, 5.41) is 2.41. The molecule has 0 aromatic heterocycles. The van der Waals surface area contributed by atoms with Crippen molar-refractivity contribution in [1.82, 2.24) is 10.2 Å². The highest BCUT2D eigenvalue weighted by molar-refractivity contribution is 6.19. The first-order valence-electron chi connectivity index (χ1n) is 8.06. The molecule has 3 atom stereocenters. The Bertz CT molecular complexity index is 456. The zero-order chi connectivity index (χ0) is 15.8. The number of hydrogen-bond acceptors (Lipinski definition) is 3. The van der Waals surface area contributed by atoms with E-state index in [1.165, 1.54) is 4.90 Å². The van der Waals surface area contributed by atoms with Crippen LogP contribution >= 0.6 is 0 Å². The summed E-state index contributed by atoms with van der Waals surface area (Å²) in [5.41, 5.74) is -1.07. The number of nitrogens with zero attached hydrogens (tertiary/aromatic N) is 1. The van der Waals surface area contributed by atoms with Crippen LogP contribution in [-0.2, 0) is 9.59 Å². The Hall–Kier alpha value is -1.39. The molecule has 1 aliphatic heterocycles. The van der Waals surface area contributed by atoms with Gasteiger partial charge in [-0.05, 0) is 43.9 Å². The van der Waals surface area contributed by atoms with Gasteiger partial charge in [0.25, 0.3) is 0 Å². The lowest BCUT2D eigenvalue weighted by Gasteiger charge is -2.45. The van der Waals surface area contributed by atoms with Gasteiger partial charge in [-0.25, -0.2) is 4.79 Å². The molecule has 5 heteroatoms. The van der Waals surface area contributed by atoms with Crippen molar-refractivity contribution in [1.29, 1.82) is 0 Å². The highest BCUT2D eigenvalue weighted by atomic mass is 16.2. The lowest BCUT2D eigenvalue weighted by Crippen LogP contribution is -2.67. The number of carbonyl (C=O) groups excluding carboxylic acids is 3. The van der Waals surface area contributed by atoms with Crippen LogP contribution < -0.4 is 5.32 Å². The molecular formula is C16H26N2O3. The number of imide groups is 2. The molecule has 5 nitrogen and oxygen atoms in total. The molecule has 0 radical (unpaired) electrons. The van der Waals surface area contributed by atoms with E-state index >= 15 is 0 Å². The Morgan fingerprint density at radius 3 is 2.29 bits per heavy atom. The van der Waals surface area contributed by atoms with Gasteiger partial charge in [-0.2, -0.15) is 0 Å². The average molecular weight is 294 g/mol. The number of amides is 4. The van der Waals surface area contributed by atoms with Crippen molar-refractivity contribution < 1.29 is 14.4 Å². The van der Waals surface area contributed by atoms with E-state index in [0.717, 1.165) is 19.3 Å². The van der Waals surface area contributed by atoms with Crippen LogP contribution in [0.15, 0.2) is 0 Å². The van der Waals surface area contributed by atoms with Crippen molar-refractivity contribution >= 4 is 17.8 Å². The van der Waals surface area contributed by atoms with Gasteiger partial charge in [0.15, 0.2) is 0 Å². The highest BCUT2D eigenvalue weighted by Crippen LogP contribution is 2.38. The number of hydrogen-bond donors (Lipinski definition) is 1. The first-order chi connectivity index (χ1) is 9.87. The third-order valence-corrected chi connectivity index (χ3v) is 5.43. The Kier molecular flexibility index (Phi) is 4.40. The van der Waals surface area contributed by atoms with Gasteiger partial charge >= 0.3 is 6.03 Å². The average Bonchev–Trinajstić information content (AvgIpc) is 2.42. The minimum atomic E-state index is -1.07. The molecule has 1 heterocycles. The fourth-order valence-electron chi connectivity index (χ4n) is 3.90. The Balaban J connectivity index is 2.32. The van der Waals surface area contributed by atoms with Gasteiger partial charge in [0, 0.05) is 6.04 Å². The van der Waals surface area contributed by atoms with E-state index in [-0.39, 0.29) is 17.9 Å². The van der Waals surface area contributed by atoms with Crippen molar-refractivity contribution in [2.45, 2.75) is 65.8 Å². The Morgan fingerprint density at radius 2 is 1.76 bits per heavy atom. The summed E-state index contributed by atoms with van der Waals surface area (Å²) in [7, 11) is 0. The van der Waals surface area contributed by atoms with Crippen LogP contribution in [-0.4, -0.2) is 28.8 Å². The maximum atomic E-state index is 12.9. The molecule has 21 heavy (non-hydrogen) atoms. The maximum Gasteiger partial charge on any atom is 0.331 e. The van der Waals surface area contributed by atoms with Crippen LogP contribution in [0.1, 0.15) is 59.8 Å². The second kappa shape index (κ2) is 5.78. The summed E-state index contributed by atoms with van der Waals surface area (Å²) < 4.78 is 0. The first kappa shape index (κ1) is 16.0. The molecule has 2 rings (SSSR count). The predicted octanol–water partition coefficient (Wildman–Crippen LogP) is 2.70. The van der Waals surface area contributed by atoms with E-state index in [1.807, 2.05) is 13.8 Å². The summed E-state index contributed by atoms with van der Waals surface area (Å²) >= 11 is 0. The molecule has 0 aromatic rings. The van der Waals surface area contributed by atoms with Gasteiger partial charge in [-0.1, -0.05) is 27.7 Å². The Labute approximate surface area is 126 Å². The lowest BCUT2D eigenvalue weighted by molar-refractivity contribution is -0.155. The number of barbiturate groups is 1. The fraction of sp³-hybridized carbons (Fsp3) is 0.812. The van der Waals surface area contributed by atoms with E-state index in [4.69, 9.17) is 0 Å². The van der Waals surface area contributed by atoms with Crippen molar-refractivity contribution in [2.75, 3.05) is 0 Å². The molecule has 1 saturated heterocycles. The number of carbonyl (C=O) groups is 3. The second-order valence-corrected chi connectivity index (χ2v) is 6.69. The van der Waals surface area contributed by atoms with Gasteiger partial charge in [0.2, 0.25) is 11.8 Å². The minimum absolute atomic E-state index is 0.0840. The molecule has 0 spiro atoms. The summed E-state index contributed by atoms with van der Waals surface area (Å²) in [6.07, 6.45) is 3.72. The maximum absolute atomic E-state index is 12.9. The Morgan fingerprint density at radius 1 is 1.14 bits per heavy atom. The molecule has 4 amide bonds. The predicted molar refractivity (Wildman–Crippen MR) is 79.4 cm³/mol. The smallest absolute Gasteiger partial charge is 0.277 e. The van der Waals surface area contributed by atoms with Crippen LogP contribution in [0.25, 0.3) is 0 Å². The number of rotatable bonds is 3. The van der Waals surface area contributed by atoms with Crippen LogP contribution in [0, 0.1) is 17.3 Å². The standard InChI is InChI=1S/C16H26N2O3/c1-5-16(6-2)13(19)17-15(21)18(14(16)20)12-8-7-10(3)9-11(12)4/h10-12H,5-9H2,1-4H3,(H,17,19,21). The molecule has 1 saturated carbocycles. The number of urea groups is 1. The van der Waals surface area contributed by atoms with Crippen LogP contribution in [0.3, 0.4) is 0 Å². The van der Waals surface area contributed by atoms with Crippen LogP contribution in [0.2, 0.25) is 0 Å².